The van der Waals surface area contributed by atoms with Crippen molar-refractivity contribution in [1.82, 2.24) is 14.7 Å². The maximum atomic E-state index is 15.4. The molecule has 0 atom stereocenters. The van der Waals surface area contributed by atoms with Crippen LogP contribution >= 0.6 is 11.6 Å². The highest BCUT2D eigenvalue weighted by molar-refractivity contribution is 6.33. The van der Waals surface area contributed by atoms with E-state index in [9.17, 15) is 24.3 Å². The maximum Gasteiger partial charge on any atom is 0.335 e. The third-order valence-corrected chi connectivity index (χ3v) is 6.69. The van der Waals surface area contributed by atoms with E-state index in [-0.39, 0.29) is 34.4 Å². The molecule has 0 aliphatic carbocycles. The second-order valence-corrected chi connectivity index (χ2v) is 10.7. The molecule has 212 valence electrons. The largest absolute Gasteiger partial charge is 0.478 e. The van der Waals surface area contributed by atoms with Crippen LogP contribution in [0.25, 0.3) is 22.0 Å². The number of primary amides is 1. The smallest absolute Gasteiger partial charge is 0.335 e. The van der Waals surface area contributed by atoms with Gasteiger partial charge in [-0.25, -0.2) is 9.18 Å². The number of nitrogens with two attached hydrogens (primary N) is 1. The molecular formula is C29H27ClFN5O5. The molecule has 4 aromatic rings. The quantitative estimate of drug-likeness (QED) is 0.279. The SMILES string of the molecule is CC(C)(C)N(CC(=O)Nc1cccc(-c2ccccc2Cl)c1F)C(=O)Cn1nc(C(N)=O)c2cc(C(=O)O)ccc21. The molecule has 0 radical (unpaired) electrons. The molecule has 3 aromatic carbocycles. The first-order chi connectivity index (χ1) is 19.3. The number of benzene rings is 3. The molecule has 0 unspecified atom stereocenters. The Balaban J connectivity index is 1.58. The van der Waals surface area contributed by atoms with E-state index in [2.05, 4.69) is 10.4 Å². The Hall–Kier alpha value is -4.77. The minimum absolute atomic E-state index is 0.0767. The van der Waals surface area contributed by atoms with Crippen LogP contribution in [0, 0.1) is 5.82 Å². The lowest BCUT2D eigenvalue weighted by Crippen LogP contribution is -2.50. The first-order valence-corrected chi connectivity index (χ1v) is 12.8. The predicted octanol–water partition coefficient (Wildman–Crippen LogP) is 4.56. The summed E-state index contributed by atoms with van der Waals surface area (Å²) in [6, 6.07) is 15.3. The van der Waals surface area contributed by atoms with Gasteiger partial charge in [0, 0.05) is 27.1 Å². The normalized spacial score (nSPS) is 11.3. The van der Waals surface area contributed by atoms with Gasteiger partial charge in [-0.1, -0.05) is 41.9 Å². The Morgan fingerprint density at radius 2 is 1.73 bits per heavy atom. The first-order valence-electron chi connectivity index (χ1n) is 12.5. The third kappa shape index (κ3) is 6.20. The molecule has 1 heterocycles. The van der Waals surface area contributed by atoms with Crippen LogP contribution in [0.1, 0.15) is 41.6 Å². The summed E-state index contributed by atoms with van der Waals surface area (Å²) >= 11 is 6.23. The van der Waals surface area contributed by atoms with E-state index in [1.807, 2.05) is 0 Å². The van der Waals surface area contributed by atoms with Crippen LogP contribution in [0.4, 0.5) is 10.1 Å². The highest BCUT2D eigenvalue weighted by atomic mass is 35.5. The molecule has 41 heavy (non-hydrogen) atoms. The topological polar surface area (TPSA) is 148 Å². The number of nitrogens with zero attached hydrogens (tertiary/aromatic N) is 3. The number of carboxylic acids is 1. The molecular weight excluding hydrogens is 553 g/mol. The Kier molecular flexibility index (Phi) is 8.11. The highest BCUT2D eigenvalue weighted by Gasteiger charge is 2.30. The number of amides is 3. The van der Waals surface area contributed by atoms with E-state index >= 15 is 4.39 Å². The fourth-order valence-corrected chi connectivity index (χ4v) is 4.61. The fraction of sp³-hybridized carbons (Fsp3) is 0.207. The van der Waals surface area contributed by atoms with Crippen LogP contribution < -0.4 is 11.1 Å². The number of aromatic nitrogens is 2. The molecule has 12 heteroatoms. The molecule has 0 bridgehead atoms. The molecule has 1 aromatic heterocycles. The molecule has 0 fully saturated rings. The number of aromatic carboxylic acids is 1. The van der Waals surface area contributed by atoms with E-state index in [0.717, 1.165) is 0 Å². The predicted molar refractivity (Wildman–Crippen MR) is 152 cm³/mol. The average molecular weight is 580 g/mol. The summed E-state index contributed by atoms with van der Waals surface area (Å²) in [4.78, 5) is 51.2. The van der Waals surface area contributed by atoms with Gasteiger partial charge in [-0.15, -0.1) is 0 Å². The van der Waals surface area contributed by atoms with E-state index in [1.165, 1.54) is 33.8 Å². The molecule has 0 spiro atoms. The lowest BCUT2D eigenvalue weighted by Gasteiger charge is -2.35. The van der Waals surface area contributed by atoms with Crippen molar-refractivity contribution >= 4 is 51.9 Å². The Labute approximate surface area is 239 Å². The van der Waals surface area contributed by atoms with Gasteiger partial charge in [-0.05, 0) is 51.1 Å². The van der Waals surface area contributed by atoms with Crippen molar-refractivity contribution in [3.63, 3.8) is 0 Å². The number of hydrogen-bond donors (Lipinski definition) is 3. The minimum Gasteiger partial charge on any atom is -0.478 e. The van der Waals surface area contributed by atoms with Gasteiger partial charge in [0.25, 0.3) is 5.91 Å². The second kappa shape index (κ2) is 11.4. The van der Waals surface area contributed by atoms with E-state index in [0.29, 0.717) is 16.1 Å². The number of fused-ring (bicyclic) bond motifs is 1. The first kappa shape index (κ1) is 29.2. The number of halogens is 2. The lowest BCUT2D eigenvalue weighted by atomic mass is 10.0. The van der Waals surface area contributed by atoms with Gasteiger partial charge in [0.05, 0.1) is 16.8 Å². The average Bonchev–Trinajstić information content (AvgIpc) is 3.26. The van der Waals surface area contributed by atoms with Crippen molar-refractivity contribution in [1.29, 1.82) is 0 Å². The summed E-state index contributed by atoms with van der Waals surface area (Å²) in [5.41, 5.74) is 5.24. The van der Waals surface area contributed by atoms with Crippen LogP contribution in [-0.2, 0) is 16.1 Å². The van der Waals surface area contributed by atoms with Gasteiger partial charge >= 0.3 is 5.97 Å². The van der Waals surface area contributed by atoms with Gasteiger partial charge < -0.3 is 21.1 Å². The van der Waals surface area contributed by atoms with E-state index in [4.69, 9.17) is 17.3 Å². The van der Waals surface area contributed by atoms with Crippen molar-refractivity contribution < 1.29 is 28.7 Å². The summed E-state index contributed by atoms with van der Waals surface area (Å²) in [7, 11) is 0. The number of carbonyl (C=O) groups is 4. The van der Waals surface area contributed by atoms with Crippen molar-refractivity contribution in [2.24, 2.45) is 5.73 Å². The number of carbonyl (C=O) groups excluding carboxylic acids is 3. The van der Waals surface area contributed by atoms with E-state index < -0.39 is 41.6 Å². The summed E-state index contributed by atoms with van der Waals surface area (Å²) in [6.45, 7) is 4.39. The van der Waals surface area contributed by atoms with Gasteiger partial charge in [-0.2, -0.15) is 5.10 Å². The number of carboxylic acid groups (broad SMARTS) is 1. The van der Waals surface area contributed by atoms with Gasteiger partial charge in [-0.3, -0.25) is 19.1 Å². The second-order valence-electron chi connectivity index (χ2n) is 10.3. The van der Waals surface area contributed by atoms with Crippen LogP contribution in [-0.4, -0.2) is 55.6 Å². The number of rotatable bonds is 8. The van der Waals surface area contributed by atoms with Gasteiger partial charge in [0.1, 0.15) is 13.1 Å². The Bertz CT molecular complexity index is 1690. The van der Waals surface area contributed by atoms with Crippen LogP contribution in [0.15, 0.2) is 60.7 Å². The standard InChI is InChI=1S/C29H27ClFN5O5/c1-29(2,3)35(14-23(37)33-21-10-6-8-18(25(21)31)17-7-4-5-9-20(17)30)24(38)15-36-22-12-11-16(28(40)41)13-19(22)26(34-36)27(32)39/h4-13H,14-15H2,1-3H3,(H2,32,39)(H,33,37)(H,40,41). The summed E-state index contributed by atoms with van der Waals surface area (Å²) in [6.07, 6.45) is 0. The van der Waals surface area contributed by atoms with Crippen LogP contribution in [0.3, 0.4) is 0 Å². The summed E-state index contributed by atoms with van der Waals surface area (Å²) in [5, 5.41) is 16.5. The Morgan fingerprint density at radius 3 is 2.37 bits per heavy atom. The zero-order valence-corrected chi connectivity index (χ0v) is 23.2. The Morgan fingerprint density at radius 1 is 1.05 bits per heavy atom. The molecule has 0 saturated heterocycles. The zero-order valence-electron chi connectivity index (χ0n) is 22.4. The molecule has 4 N–H and O–H groups in total. The van der Waals surface area contributed by atoms with E-state index in [1.54, 1.807) is 57.2 Å². The van der Waals surface area contributed by atoms with Crippen molar-refractivity contribution in [2.45, 2.75) is 32.9 Å². The highest BCUT2D eigenvalue weighted by Crippen LogP contribution is 2.32. The minimum atomic E-state index is -1.20. The lowest BCUT2D eigenvalue weighted by molar-refractivity contribution is -0.140. The van der Waals surface area contributed by atoms with Gasteiger partial charge in [0.2, 0.25) is 11.8 Å². The maximum absolute atomic E-state index is 15.4. The summed E-state index contributed by atoms with van der Waals surface area (Å²) < 4.78 is 16.6. The zero-order chi connectivity index (χ0) is 30.1. The molecule has 0 aliphatic rings. The molecule has 0 saturated carbocycles. The number of anilines is 1. The fourth-order valence-electron chi connectivity index (χ4n) is 4.38. The van der Waals surface area contributed by atoms with Crippen molar-refractivity contribution in [3.8, 4) is 11.1 Å². The third-order valence-electron chi connectivity index (χ3n) is 6.37. The number of nitrogens with one attached hydrogen (secondary N) is 1. The number of hydrogen-bond acceptors (Lipinski definition) is 5. The monoisotopic (exact) mass is 579 g/mol. The van der Waals surface area contributed by atoms with Gasteiger partial charge in [0.15, 0.2) is 11.5 Å². The summed E-state index contributed by atoms with van der Waals surface area (Å²) in [5.74, 6) is -3.94. The molecule has 3 amide bonds. The molecule has 10 nitrogen and oxygen atoms in total. The van der Waals surface area contributed by atoms with Crippen molar-refractivity contribution in [3.05, 3.63) is 82.8 Å². The molecule has 4 rings (SSSR count). The van der Waals surface area contributed by atoms with Crippen LogP contribution in [0.2, 0.25) is 5.02 Å². The van der Waals surface area contributed by atoms with Crippen LogP contribution in [0.5, 0.6) is 0 Å². The molecule has 0 aliphatic heterocycles. The van der Waals surface area contributed by atoms with Crippen molar-refractivity contribution in [2.75, 3.05) is 11.9 Å².